The molecule has 1 amide bonds. The average Bonchev–Trinajstić information content (AvgIpc) is 3.29. The molecule has 30 heavy (non-hydrogen) atoms. The van der Waals surface area contributed by atoms with Crippen LogP contribution in [0.25, 0.3) is 11.5 Å². The largest absolute Gasteiger partial charge is 0.385 e. The monoisotopic (exact) mass is 410 g/mol. The van der Waals surface area contributed by atoms with Gasteiger partial charge in [0.2, 0.25) is 0 Å². The summed E-state index contributed by atoms with van der Waals surface area (Å²) >= 11 is 0. The number of likely N-dealkylation sites (tertiary alicyclic amines) is 1. The van der Waals surface area contributed by atoms with Crippen molar-refractivity contribution in [2.75, 3.05) is 26.8 Å². The molecule has 7 nitrogen and oxygen atoms in total. The van der Waals surface area contributed by atoms with Crippen molar-refractivity contribution in [2.45, 2.75) is 24.7 Å². The van der Waals surface area contributed by atoms with Crippen molar-refractivity contribution in [3.8, 4) is 11.5 Å². The summed E-state index contributed by atoms with van der Waals surface area (Å²) in [6.07, 6.45) is 5.51. The summed E-state index contributed by atoms with van der Waals surface area (Å²) in [4.78, 5) is 23.5. The van der Waals surface area contributed by atoms with E-state index in [4.69, 9.17) is 9.26 Å². The molecule has 156 valence electrons. The molecule has 1 fully saturated rings. The minimum Gasteiger partial charge on any atom is -0.385 e. The molecule has 0 N–H and O–H groups in total. The molecule has 1 aliphatic rings. The lowest BCUT2D eigenvalue weighted by Gasteiger charge is -2.40. The molecule has 1 unspecified atom stereocenters. The first-order chi connectivity index (χ1) is 14.6. The van der Waals surface area contributed by atoms with Crippen molar-refractivity contribution in [1.82, 2.24) is 20.0 Å². The first-order valence-electron chi connectivity index (χ1n) is 9.90. The molecule has 1 atom stereocenters. The average molecular weight is 410 g/mol. The van der Waals surface area contributed by atoms with Crippen LogP contribution >= 0.6 is 0 Å². The van der Waals surface area contributed by atoms with Crippen LogP contribution in [0.15, 0.2) is 53.3 Å². The highest BCUT2D eigenvalue weighted by Gasteiger charge is 2.42. The highest BCUT2D eigenvalue weighted by Crippen LogP contribution is 2.37. The summed E-state index contributed by atoms with van der Waals surface area (Å²) in [7, 11) is 1.65. The Morgan fingerprint density at radius 2 is 2.13 bits per heavy atom. The Morgan fingerprint density at radius 1 is 1.30 bits per heavy atom. The molecule has 8 heteroatoms. The first kappa shape index (κ1) is 20.2. The molecule has 1 aliphatic heterocycles. The zero-order chi connectivity index (χ0) is 21.0. The molecule has 0 bridgehead atoms. The van der Waals surface area contributed by atoms with Gasteiger partial charge >= 0.3 is 0 Å². The standard InChI is InChI=1S/C22H23FN4O3/c1-29-13-10-22(21-25-19(30-26-21)16-5-7-18(23)8-6-16)9-3-12-27(15-22)20(28)17-4-2-11-24-14-17/h2,4-8,11,14H,3,9-10,12-13,15H2,1H3. The van der Waals surface area contributed by atoms with E-state index >= 15 is 0 Å². The van der Waals surface area contributed by atoms with E-state index in [0.717, 1.165) is 12.8 Å². The van der Waals surface area contributed by atoms with Crippen LogP contribution in [-0.4, -0.2) is 52.7 Å². The lowest BCUT2D eigenvalue weighted by atomic mass is 9.76. The number of pyridine rings is 1. The van der Waals surface area contributed by atoms with Crippen LogP contribution in [0.2, 0.25) is 0 Å². The van der Waals surface area contributed by atoms with Gasteiger partial charge in [0, 0.05) is 44.8 Å². The van der Waals surface area contributed by atoms with Gasteiger partial charge in [-0.2, -0.15) is 4.98 Å². The third-order valence-corrected chi connectivity index (χ3v) is 5.55. The number of benzene rings is 1. The second-order valence-electron chi connectivity index (χ2n) is 7.53. The van der Waals surface area contributed by atoms with Crippen molar-refractivity contribution in [3.05, 3.63) is 66.0 Å². The van der Waals surface area contributed by atoms with Crippen molar-refractivity contribution in [1.29, 1.82) is 0 Å². The van der Waals surface area contributed by atoms with Gasteiger partial charge in [0.05, 0.1) is 11.0 Å². The Balaban J connectivity index is 1.62. The van der Waals surface area contributed by atoms with E-state index in [1.165, 1.54) is 12.1 Å². The van der Waals surface area contributed by atoms with Crippen LogP contribution in [0.3, 0.4) is 0 Å². The van der Waals surface area contributed by atoms with Gasteiger partial charge in [-0.3, -0.25) is 9.78 Å². The number of carbonyl (C=O) groups excluding carboxylic acids is 1. The predicted molar refractivity (Wildman–Crippen MR) is 107 cm³/mol. The highest BCUT2D eigenvalue weighted by atomic mass is 19.1. The summed E-state index contributed by atoms with van der Waals surface area (Å²) < 4.78 is 24.1. The van der Waals surface area contributed by atoms with Crippen molar-refractivity contribution in [2.24, 2.45) is 0 Å². The fraction of sp³-hybridized carbons (Fsp3) is 0.364. The van der Waals surface area contributed by atoms with Gasteiger partial charge in [-0.1, -0.05) is 5.16 Å². The third-order valence-electron chi connectivity index (χ3n) is 5.55. The molecular formula is C22H23FN4O3. The maximum absolute atomic E-state index is 13.2. The fourth-order valence-corrected chi connectivity index (χ4v) is 3.92. The van der Waals surface area contributed by atoms with Gasteiger partial charge in [0.25, 0.3) is 11.8 Å². The Labute approximate surface area is 173 Å². The molecule has 1 aromatic carbocycles. The Morgan fingerprint density at radius 3 is 2.87 bits per heavy atom. The predicted octanol–water partition coefficient (Wildman–Crippen LogP) is 3.48. The number of nitrogens with zero attached hydrogens (tertiary/aromatic N) is 4. The number of carbonyl (C=O) groups is 1. The number of hydrogen-bond donors (Lipinski definition) is 0. The molecule has 0 saturated carbocycles. The zero-order valence-electron chi connectivity index (χ0n) is 16.8. The summed E-state index contributed by atoms with van der Waals surface area (Å²) in [6.45, 7) is 1.63. The number of amides is 1. The number of ether oxygens (including phenoxy) is 1. The summed E-state index contributed by atoms with van der Waals surface area (Å²) in [5.41, 5.74) is 0.727. The van der Waals surface area contributed by atoms with Gasteiger partial charge in [0.15, 0.2) is 5.82 Å². The maximum Gasteiger partial charge on any atom is 0.257 e. The topological polar surface area (TPSA) is 81.4 Å². The van der Waals surface area contributed by atoms with Crippen molar-refractivity contribution in [3.63, 3.8) is 0 Å². The molecule has 0 spiro atoms. The van der Waals surface area contributed by atoms with E-state index in [-0.39, 0.29) is 11.7 Å². The quantitative estimate of drug-likeness (QED) is 0.619. The summed E-state index contributed by atoms with van der Waals surface area (Å²) in [5, 5.41) is 4.24. The first-order valence-corrected chi connectivity index (χ1v) is 9.90. The second kappa shape index (κ2) is 8.71. The Bertz CT molecular complexity index is 993. The van der Waals surface area contributed by atoms with Crippen molar-refractivity contribution < 1.29 is 18.4 Å². The number of halogens is 1. The molecule has 0 radical (unpaired) electrons. The maximum atomic E-state index is 13.2. The van der Waals surface area contributed by atoms with Crippen LogP contribution in [0.1, 0.15) is 35.4 Å². The van der Waals surface area contributed by atoms with E-state index in [1.54, 1.807) is 43.8 Å². The number of hydrogen-bond acceptors (Lipinski definition) is 6. The molecule has 2 aromatic heterocycles. The normalized spacial score (nSPS) is 19.1. The molecule has 3 heterocycles. The number of methoxy groups -OCH3 is 1. The van der Waals surface area contributed by atoms with E-state index in [1.807, 2.05) is 4.90 Å². The lowest BCUT2D eigenvalue weighted by molar-refractivity contribution is 0.0566. The van der Waals surface area contributed by atoms with Gasteiger partial charge < -0.3 is 14.2 Å². The molecule has 0 aliphatic carbocycles. The van der Waals surface area contributed by atoms with Crippen molar-refractivity contribution >= 4 is 5.91 Å². The zero-order valence-corrected chi connectivity index (χ0v) is 16.8. The minimum atomic E-state index is -0.478. The number of piperidine rings is 1. The van der Waals surface area contributed by atoms with Gasteiger partial charge in [-0.15, -0.1) is 0 Å². The van der Waals surface area contributed by atoms with E-state index in [2.05, 4.69) is 15.1 Å². The van der Waals surface area contributed by atoms with Crippen LogP contribution < -0.4 is 0 Å². The van der Waals surface area contributed by atoms with Gasteiger partial charge in [-0.25, -0.2) is 4.39 Å². The van der Waals surface area contributed by atoms with Crippen LogP contribution in [0, 0.1) is 5.82 Å². The fourth-order valence-electron chi connectivity index (χ4n) is 3.92. The van der Waals surface area contributed by atoms with Crippen LogP contribution in [0.4, 0.5) is 4.39 Å². The second-order valence-corrected chi connectivity index (χ2v) is 7.53. The Hall–Kier alpha value is -3.13. The van der Waals surface area contributed by atoms with Crippen LogP contribution in [-0.2, 0) is 10.2 Å². The number of aromatic nitrogens is 3. The highest BCUT2D eigenvalue weighted by molar-refractivity contribution is 5.94. The van der Waals surface area contributed by atoms with Crippen LogP contribution in [0.5, 0.6) is 0 Å². The number of rotatable bonds is 6. The minimum absolute atomic E-state index is 0.0631. The molecular weight excluding hydrogens is 387 g/mol. The smallest absolute Gasteiger partial charge is 0.257 e. The van der Waals surface area contributed by atoms with E-state index in [0.29, 0.717) is 49.0 Å². The van der Waals surface area contributed by atoms with Gasteiger partial charge in [0.1, 0.15) is 5.82 Å². The summed E-state index contributed by atoms with van der Waals surface area (Å²) in [5.74, 6) is 0.485. The van der Waals surface area contributed by atoms with E-state index < -0.39 is 5.41 Å². The lowest BCUT2D eigenvalue weighted by Crippen LogP contribution is -2.49. The van der Waals surface area contributed by atoms with E-state index in [9.17, 15) is 9.18 Å². The molecule has 1 saturated heterocycles. The SMILES string of the molecule is COCCC1(c2noc(-c3ccc(F)cc3)n2)CCCN(C(=O)c2cccnc2)C1. The Kier molecular flexibility index (Phi) is 5.85. The molecule has 4 rings (SSSR count). The molecule has 3 aromatic rings. The summed E-state index contributed by atoms with van der Waals surface area (Å²) in [6, 6.07) is 9.44. The van der Waals surface area contributed by atoms with Gasteiger partial charge in [-0.05, 0) is 55.7 Å². The third kappa shape index (κ3) is 4.09.